The summed E-state index contributed by atoms with van der Waals surface area (Å²) in [6, 6.07) is 3.40. The summed E-state index contributed by atoms with van der Waals surface area (Å²) in [6.07, 6.45) is 0.913. The van der Waals surface area contributed by atoms with E-state index in [0.29, 0.717) is 17.3 Å². The summed E-state index contributed by atoms with van der Waals surface area (Å²) in [4.78, 5) is 16.1. The van der Waals surface area contributed by atoms with E-state index in [0.717, 1.165) is 12.1 Å². The topological polar surface area (TPSA) is 42.0 Å². The largest absolute Gasteiger partial charge is 0.352 e. The first kappa shape index (κ1) is 14.0. The Hall–Kier alpha value is -1.09. The molecule has 4 heteroatoms. The maximum atomic E-state index is 11.8. The minimum absolute atomic E-state index is 0.0957. The van der Waals surface area contributed by atoms with Crippen LogP contribution in [0.2, 0.25) is 5.15 Å². The van der Waals surface area contributed by atoms with E-state index in [1.165, 1.54) is 0 Å². The minimum Gasteiger partial charge on any atom is -0.352 e. The maximum absolute atomic E-state index is 11.8. The standard InChI is InChI=1S/C13H19ClN2O/c1-5-6-15-12(17)9-7-10(13(2,3)4)16-11(14)8-9/h7-8H,5-6H2,1-4H3,(H,15,17). The lowest BCUT2D eigenvalue weighted by atomic mass is 9.91. The number of rotatable bonds is 3. The molecule has 0 saturated heterocycles. The number of nitrogens with zero attached hydrogens (tertiary/aromatic N) is 1. The van der Waals surface area contributed by atoms with Crippen molar-refractivity contribution in [2.24, 2.45) is 0 Å². The van der Waals surface area contributed by atoms with Crippen molar-refractivity contribution in [3.63, 3.8) is 0 Å². The summed E-state index contributed by atoms with van der Waals surface area (Å²) in [7, 11) is 0. The van der Waals surface area contributed by atoms with Crippen LogP contribution in [0.25, 0.3) is 0 Å². The summed E-state index contributed by atoms with van der Waals surface area (Å²) in [5.74, 6) is -0.0957. The molecule has 0 radical (unpaired) electrons. The molecule has 0 aliphatic carbocycles. The summed E-state index contributed by atoms with van der Waals surface area (Å²) >= 11 is 5.94. The van der Waals surface area contributed by atoms with E-state index >= 15 is 0 Å². The summed E-state index contributed by atoms with van der Waals surface area (Å²) < 4.78 is 0. The molecule has 0 atom stereocenters. The van der Waals surface area contributed by atoms with E-state index < -0.39 is 0 Å². The van der Waals surface area contributed by atoms with Crippen molar-refractivity contribution in [3.05, 3.63) is 28.5 Å². The molecule has 0 saturated carbocycles. The number of pyridine rings is 1. The van der Waals surface area contributed by atoms with Gasteiger partial charge in [-0.15, -0.1) is 0 Å². The van der Waals surface area contributed by atoms with Crippen LogP contribution in [-0.4, -0.2) is 17.4 Å². The minimum atomic E-state index is -0.120. The number of aromatic nitrogens is 1. The Morgan fingerprint density at radius 2 is 2.06 bits per heavy atom. The van der Waals surface area contributed by atoms with Gasteiger partial charge in [-0.2, -0.15) is 0 Å². The van der Waals surface area contributed by atoms with Gasteiger partial charge in [-0.3, -0.25) is 4.79 Å². The lowest BCUT2D eigenvalue weighted by Gasteiger charge is -2.18. The first-order chi connectivity index (χ1) is 7.84. The van der Waals surface area contributed by atoms with Crippen molar-refractivity contribution < 1.29 is 4.79 Å². The van der Waals surface area contributed by atoms with Gasteiger partial charge in [0.05, 0.1) is 0 Å². The van der Waals surface area contributed by atoms with Crippen molar-refractivity contribution in [1.29, 1.82) is 0 Å². The molecule has 1 amide bonds. The third-order valence-corrected chi connectivity index (χ3v) is 2.55. The predicted molar refractivity (Wildman–Crippen MR) is 70.6 cm³/mol. The number of hydrogen-bond donors (Lipinski definition) is 1. The van der Waals surface area contributed by atoms with Gasteiger partial charge in [-0.25, -0.2) is 4.98 Å². The lowest BCUT2D eigenvalue weighted by molar-refractivity contribution is 0.0953. The molecular formula is C13H19ClN2O. The monoisotopic (exact) mass is 254 g/mol. The predicted octanol–water partition coefficient (Wildman–Crippen LogP) is 3.17. The highest BCUT2D eigenvalue weighted by Gasteiger charge is 2.18. The van der Waals surface area contributed by atoms with E-state index in [-0.39, 0.29) is 11.3 Å². The van der Waals surface area contributed by atoms with Crippen LogP contribution in [0, 0.1) is 0 Å². The van der Waals surface area contributed by atoms with Crippen molar-refractivity contribution in [3.8, 4) is 0 Å². The van der Waals surface area contributed by atoms with E-state index in [2.05, 4.69) is 10.3 Å². The van der Waals surface area contributed by atoms with Crippen LogP contribution in [0.15, 0.2) is 12.1 Å². The van der Waals surface area contributed by atoms with Gasteiger partial charge in [0, 0.05) is 23.2 Å². The molecular weight excluding hydrogens is 236 g/mol. The first-order valence-electron chi connectivity index (χ1n) is 5.81. The first-order valence-corrected chi connectivity index (χ1v) is 6.18. The van der Waals surface area contributed by atoms with Crippen molar-refractivity contribution >= 4 is 17.5 Å². The second kappa shape index (κ2) is 5.50. The molecule has 3 nitrogen and oxygen atoms in total. The zero-order valence-corrected chi connectivity index (χ0v) is 11.6. The zero-order chi connectivity index (χ0) is 13.1. The SMILES string of the molecule is CCCNC(=O)c1cc(Cl)nc(C(C)(C)C)c1. The van der Waals surface area contributed by atoms with Gasteiger partial charge in [0.1, 0.15) is 5.15 Å². The van der Waals surface area contributed by atoms with Crippen LogP contribution in [0.3, 0.4) is 0 Å². The van der Waals surface area contributed by atoms with Gasteiger partial charge in [-0.05, 0) is 18.6 Å². The summed E-state index contributed by atoms with van der Waals surface area (Å²) in [6.45, 7) is 8.81. The normalized spacial score (nSPS) is 11.4. The highest BCUT2D eigenvalue weighted by atomic mass is 35.5. The van der Waals surface area contributed by atoms with E-state index in [1.807, 2.05) is 27.7 Å². The molecule has 0 aromatic carbocycles. The summed E-state index contributed by atoms with van der Waals surface area (Å²) in [5.41, 5.74) is 1.28. The highest BCUT2D eigenvalue weighted by molar-refractivity contribution is 6.29. The number of nitrogens with one attached hydrogen (secondary N) is 1. The molecule has 0 unspecified atom stereocenters. The van der Waals surface area contributed by atoms with Crippen LogP contribution < -0.4 is 5.32 Å². The smallest absolute Gasteiger partial charge is 0.251 e. The average molecular weight is 255 g/mol. The molecule has 1 N–H and O–H groups in total. The Balaban J connectivity index is 3.01. The number of carbonyl (C=O) groups is 1. The molecule has 1 heterocycles. The molecule has 1 rings (SSSR count). The van der Waals surface area contributed by atoms with Crippen LogP contribution in [0.1, 0.15) is 50.2 Å². The molecule has 1 aromatic heterocycles. The van der Waals surface area contributed by atoms with Gasteiger partial charge in [-0.1, -0.05) is 39.3 Å². The molecule has 17 heavy (non-hydrogen) atoms. The Morgan fingerprint density at radius 3 is 2.59 bits per heavy atom. The number of amides is 1. The van der Waals surface area contributed by atoms with Crippen LogP contribution >= 0.6 is 11.6 Å². The number of halogens is 1. The number of carbonyl (C=O) groups excluding carboxylic acids is 1. The fourth-order valence-electron chi connectivity index (χ4n) is 1.35. The second-order valence-corrected chi connectivity index (χ2v) is 5.46. The summed E-state index contributed by atoms with van der Waals surface area (Å²) in [5, 5.41) is 3.19. The Bertz CT molecular complexity index is 410. The molecule has 0 fully saturated rings. The molecule has 94 valence electrons. The second-order valence-electron chi connectivity index (χ2n) is 5.07. The Labute approximate surface area is 108 Å². The van der Waals surface area contributed by atoms with Crippen molar-refractivity contribution in [1.82, 2.24) is 10.3 Å². The van der Waals surface area contributed by atoms with Gasteiger partial charge in [0.15, 0.2) is 0 Å². The van der Waals surface area contributed by atoms with Crippen LogP contribution in [-0.2, 0) is 5.41 Å². The third-order valence-electron chi connectivity index (χ3n) is 2.36. The highest BCUT2D eigenvalue weighted by Crippen LogP contribution is 2.23. The average Bonchev–Trinajstić information content (AvgIpc) is 2.23. The van der Waals surface area contributed by atoms with Gasteiger partial charge >= 0.3 is 0 Å². The molecule has 0 spiro atoms. The molecule has 0 aliphatic rings. The van der Waals surface area contributed by atoms with Crippen LogP contribution in [0.4, 0.5) is 0 Å². The Morgan fingerprint density at radius 1 is 1.41 bits per heavy atom. The molecule has 1 aromatic rings. The fraction of sp³-hybridized carbons (Fsp3) is 0.538. The number of hydrogen-bond acceptors (Lipinski definition) is 2. The fourth-order valence-corrected chi connectivity index (χ4v) is 1.56. The van der Waals surface area contributed by atoms with Gasteiger partial charge in [0.2, 0.25) is 0 Å². The lowest BCUT2D eigenvalue weighted by Crippen LogP contribution is -2.25. The Kier molecular flexibility index (Phi) is 4.52. The van der Waals surface area contributed by atoms with Gasteiger partial charge < -0.3 is 5.32 Å². The van der Waals surface area contributed by atoms with E-state index in [1.54, 1.807) is 12.1 Å². The quantitative estimate of drug-likeness (QED) is 0.842. The maximum Gasteiger partial charge on any atom is 0.251 e. The van der Waals surface area contributed by atoms with Crippen molar-refractivity contribution in [2.45, 2.75) is 39.5 Å². The van der Waals surface area contributed by atoms with E-state index in [9.17, 15) is 4.79 Å². The zero-order valence-electron chi connectivity index (χ0n) is 10.8. The van der Waals surface area contributed by atoms with E-state index in [4.69, 9.17) is 11.6 Å². The molecule has 0 aliphatic heterocycles. The van der Waals surface area contributed by atoms with Gasteiger partial charge in [0.25, 0.3) is 5.91 Å². The van der Waals surface area contributed by atoms with Crippen molar-refractivity contribution in [2.75, 3.05) is 6.54 Å². The van der Waals surface area contributed by atoms with Crippen LogP contribution in [0.5, 0.6) is 0 Å². The molecule has 0 bridgehead atoms. The third kappa shape index (κ3) is 4.00.